The topological polar surface area (TPSA) is 80.4 Å². The molecule has 1 aromatic rings. The Bertz CT molecular complexity index is 515. The van der Waals surface area contributed by atoms with Crippen molar-refractivity contribution in [2.24, 2.45) is 11.1 Å². The second kappa shape index (κ2) is 5.61. The molecule has 4 nitrogen and oxygen atoms in total. The molecule has 19 heavy (non-hydrogen) atoms. The zero-order chi connectivity index (χ0) is 13.9. The first-order chi connectivity index (χ1) is 8.97. The molecule has 0 radical (unpaired) electrons. The Kier molecular flexibility index (Phi) is 4.28. The summed E-state index contributed by atoms with van der Waals surface area (Å²) in [5, 5.41) is 10.3. The van der Waals surface area contributed by atoms with Crippen LogP contribution in [-0.2, 0) is 16.3 Å². The molecule has 2 rings (SSSR count). The van der Waals surface area contributed by atoms with E-state index in [4.69, 9.17) is 5.73 Å². The summed E-state index contributed by atoms with van der Waals surface area (Å²) in [6, 6.07) is 9.88. The number of aliphatic hydroxyl groups is 1. The zero-order valence-corrected chi connectivity index (χ0v) is 11.8. The van der Waals surface area contributed by atoms with Crippen molar-refractivity contribution in [1.29, 1.82) is 0 Å². The lowest BCUT2D eigenvalue weighted by molar-refractivity contribution is 0.0414. The molecule has 1 saturated heterocycles. The van der Waals surface area contributed by atoms with E-state index in [0.29, 0.717) is 12.8 Å². The lowest BCUT2D eigenvalue weighted by Gasteiger charge is -2.31. The van der Waals surface area contributed by atoms with Crippen LogP contribution in [0.4, 0.5) is 0 Å². The maximum Gasteiger partial charge on any atom is 0.151 e. The number of nitrogens with two attached hydrogens (primary N) is 1. The second-order valence-corrected chi connectivity index (χ2v) is 7.63. The molecule has 0 amide bonds. The number of aryl methyl sites for hydroxylation is 1. The highest BCUT2D eigenvalue weighted by Gasteiger charge is 2.46. The van der Waals surface area contributed by atoms with Crippen molar-refractivity contribution in [2.45, 2.75) is 25.4 Å². The summed E-state index contributed by atoms with van der Waals surface area (Å²) in [6.45, 7) is 0.224. The molecule has 1 aliphatic rings. The van der Waals surface area contributed by atoms with Gasteiger partial charge in [0.1, 0.15) is 0 Å². The van der Waals surface area contributed by atoms with Gasteiger partial charge in [-0.2, -0.15) is 0 Å². The first kappa shape index (κ1) is 14.5. The average molecular weight is 283 g/mol. The van der Waals surface area contributed by atoms with Gasteiger partial charge in [0.15, 0.2) is 9.84 Å². The minimum atomic E-state index is -3.03. The van der Waals surface area contributed by atoms with Crippen LogP contribution in [0, 0.1) is 5.41 Å². The van der Waals surface area contributed by atoms with Crippen LogP contribution in [0.2, 0.25) is 0 Å². The third-order valence-electron chi connectivity index (χ3n) is 4.08. The van der Waals surface area contributed by atoms with Crippen LogP contribution >= 0.6 is 0 Å². The molecule has 106 valence electrons. The van der Waals surface area contributed by atoms with Gasteiger partial charge in [0.05, 0.1) is 17.6 Å². The number of sulfone groups is 1. The Balaban J connectivity index is 2.00. The van der Waals surface area contributed by atoms with E-state index < -0.39 is 21.4 Å². The Morgan fingerprint density at radius 3 is 2.53 bits per heavy atom. The molecule has 0 aliphatic carbocycles. The van der Waals surface area contributed by atoms with Gasteiger partial charge in [-0.3, -0.25) is 0 Å². The largest absolute Gasteiger partial charge is 0.392 e. The van der Waals surface area contributed by atoms with Gasteiger partial charge in [0.2, 0.25) is 0 Å². The van der Waals surface area contributed by atoms with Crippen LogP contribution in [-0.4, -0.2) is 37.7 Å². The SMILES string of the molecule is NCC1(C(O)CCc2ccccc2)CCS(=O)(=O)C1. The lowest BCUT2D eigenvalue weighted by Crippen LogP contribution is -2.43. The summed E-state index contributed by atoms with van der Waals surface area (Å²) in [6.07, 6.45) is 1.11. The number of benzene rings is 1. The number of hydrogen-bond donors (Lipinski definition) is 2. The Morgan fingerprint density at radius 2 is 2.00 bits per heavy atom. The van der Waals surface area contributed by atoms with Gasteiger partial charge >= 0.3 is 0 Å². The summed E-state index contributed by atoms with van der Waals surface area (Å²) in [5.74, 6) is 0.166. The van der Waals surface area contributed by atoms with Crippen molar-refractivity contribution in [1.82, 2.24) is 0 Å². The van der Waals surface area contributed by atoms with Crippen molar-refractivity contribution in [3.05, 3.63) is 35.9 Å². The third kappa shape index (κ3) is 3.35. The molecule has 3 N–H and O–H groups in total. The van der Waals surface area contributed by atoms with Crippen molar-refractivity contribution in [3.8, 4) is 0 Å². The lowest BCUT2D eigenvalue weighted by atomic mass is 9.79. The summed E-state index contributed by atoms with van der Waals surface area (Å²) in [5.41, 5.74) is 6.24. The fourth-order valence-electron chi connectivity index (χ4n) is 2.76. The highest BCUT2D eigenvalue weighted by atomic mass is 32.2. The van der Waals surface area contributed by atoms with Crippen LogP contribution in [0.5, 0.6) is 0 Å². The van der Waals surface area contributed by atoms with Crippen LogP contribution in [0.25, 0.3) is 0 Å². The smallest absolute Gasteiger partial charge is 0.151 e. The molecular formula is C14H21NO3S. The van der Waals surface area contributed by atoms with E-state index in [-0.39, 0.29) is 18.1 Å². The summed E-state index contributed by atoms with van der Waals surface area (Å²) in [7, 11) is -3.03. The van der Waals surface area contributed by atoms with E-state index in [9.17, 15) is 13.5 Å². The molecular weight excluding hydrogens is 262 g/mol. The summed E-state index contributed by atoms with van der Waals surface area (Å²) >= 11 is 0. The summed E-state index contributed by atoms with van der Waals surface area (Å²) in [4.78, 5) is 0. The maximum atomic E-state index is 11.6. The third-order valence-corrected chi connectivity index (χ3v) is 5.92. The van der Waals surface area contributed by atoms with Crippen molar-refractivity contribution >= 4 is 9.84 Å². The Labute approximate surface area is 114 Å². The fourth-order valence-corrected chi connectivity index (χ4v) is 4.95. The van der Waals surface area contributed by atoms with E-state index in [2.05, 4.69) is 0 Å². The highest BCUT2D eigenvalue weighted by Crippen LogP contribution is 2.36. The molecule has 0 aromatic heterocycles. The maximum absolute atomic E-state index is 11.6. The Morgan fingerprint density at radius 1 is 1.32 bits per heavy atom. The van der Waals surface area contributed by atoms with Crippen LogP contribution in [0.1, 0.15) is 18.4 Å². The van der Waals surface area contributed by atoms with E-state index in [0.717, 1.165) is 12.0 Å². The zero-order valence-electron chi connectivity index (χ0n) is 11.0. The molecule has 1 aliphatic heterocycles. The van der Waals surface area contributed by atoms with Gasteiger partial charge < -0.3 is 10.8 Å². The molecule has 2 atom stereocenters. The number of aliphatic hydroxyl groups excluding tert-OH is 1. The van der Waals surface area contributed by atoms with E-state index in [1.807, 2.05) is 30.3 Å². The predicted molar refractivity (Wildman–Crippen MR) is 75.5 cm³/mol. The van der Waals surface area contributed by atoms with Gasteiger partial charge in [0.25, 0.3) is 0 Å². The van der Waals surface area contributed by atoms with Gasteiger partial charge in [-0.1, -0.05) is 30.3 Å². The molecule has 2 unspecified atom stereocenters. The van der Waals surface area contributed by atoms with Gasteiger partial charge in [-0.25, -0.2) is 8.42 Å². The predicted octanol–water partition coefficient (Wildman–Crippen LogP) is 0.744. The van der Waals surface area contributed by atoms with Crippen molar-refractivity contribution in [3.63, 3.8) is 0 Å². The summed E-state index contributed by atoms with van der Waals surface area (Å²) < 4.78 is 23.2. The van der Waals surface area contributed by atoms with Crippen LogP contribution < -0.4 is 5.73 Å². The first-order valence-corrected chi connectivity index (χ1v) is 8.42. The molecule has 5 heteroatoms. The van der Waals surface area contributed by atoms with E-state index in [1.54, 1.807) is 0 Å². The minimum absolute atomic E-state index is 0.0203. The van der Waals surface area contributed by atoms with E-state index in [1.165, 1.54) is 0 Å². The monoisotopic (exact) mass is 283 g/mol. The normalized spacial score (nSPS) is 27.3. The van der Waals surface area contributed by atoms with Gasteiger partial charge in [-0.15, -0.1) is 0 Å². The first-order valence-electron chi connectivity index (χ1n) is 6.60. The van der Waals surface area contributed by atoms with Gasteiger partial charge in [-0.05, 0) is 24.8 Å². The average Bonchev–Trinajstić information content (AvgIpc) is 2.74. The molecule has 0 spiro atoms. The molecule has 0 saturated carbocycles. The number of rotatable bonds is 5. The Hall–Kier alpha value is -0.910. The molecule has 1 aromatic carbocycles. The number of hydrogen-bond acceptors (Lipinski definition) is 4. The van der Waals surface area contributed by atoms with Crippen molar-refractivity contribution < 1.29 is 13.5 Å². The van der Waals surface area contributed by atoms with Crippen molar-refractivity contribution in [2.75, 3.05) is 18.1 Å². The quantitative estimate of drug-likeness (QED) is 0.835. The second-order valence-electron chi connectivity index (χ2n) is 5.45. The standard InChI is InChI=1S/C14H21NO3S/c15-10-14(8-9-19(17,18)11-14)13(16)7-6-12-4-2-1-3-5-12/h1-5,13,16H,6-11,15H2. The fraction of sp³-hybridized carbons (Fsp3) is 0.571. The molecule has 1 fully saturated rings. The van der Waals surface area contributed by atoms with E-state index >= 15 is 0 Å². The minimum Gasteiger partial charge on any atom is -0.392 e. The highest BCUT2D eigenvalue weighted by molar-refractivity contribution is 7.91. The van der Waals surface area contributed by atoms with Crippen LogP contribution in [0.15, 0.2) is 30.3 Å². The molecule has 0 bridgehead atoms. The van der Waals surface area contributed by atoms with Crippen LogP contribution in [0.3, 0.4) is 0 Å². The molecule has 1 heterocycles. The van der Waals surface area contributed by atoms with Gasteiger partial charge in [0, 0.05) is 12.0 Å².